The van der Waals surface area contributed by atoms with Crippen LogP contribution in [0.4, 0.5) is 0 Å². The quantitative estimate of drug-likeness (QED) is 0.751. The fourth-order valence-electron chi connectivity index (χ4n) is 2.22. The van der Waals surface area contributed by atoms with E-state index in [-0.39, 0.29) is 18.5 Å². The number of hydrogen-bond donors (Lipinski definition) is 1. The van der Waals surface area contributed by atoms with Crippen LogP contribution in [-0.2, 0) is 11.2 Å². The zero-order valence-corrected chi connectivity index (χ0v) is 9.07. The minimum atomic E-state index is -0.170. The molecule has 0 saturated heterocycles. The molecule has 3 nitrogen and oxygen atoms in total. The Labute approximate surface area is 95.3 Å². The predicted octanol–water partition coefficient (Wildman–Crippen LogP) is 2.10. The lowest BCUT2D eigenvalue weighted by Crippen LogP contribution is -2.32. The first kappa shape index (κ1) is 10.7. The van der Waals surface area contributed by atoms with E-state index in [0.29, 0.717) is 0 Å². The van der Waals surface area contributed by atoms with Crippen LogP contribution in [0.3, 0.4) is 0 Å². The minimum absolute atomic E-state index is 0.0708. The average molecular weight is 214 g/mol. The number of aryl methyl sites for hydroxylation is 1. The molecule has 1 atom stereocenters. The molecule has 0 fully saturated rings. The number of hydrogen-bond acceptors (Lipinski definition) is 1. The molecule has 1 aromatic carbocycles. The zero-order chi connectivity index (χ0) is 11.4. The maximum atomic E-state index is 11.4. The van der Waals surface area contributed by atoms with E-state index in [2.05, 4.69) is 22.3 Å². The highest BCUT2D eigenvalue weighted by atomic mass is 16.1. The number of fused-ring (bicyclic) bond motifs is 1. The van der Waals surface area contributed by atoms with Crippen LogP contribution >= 0.6 is 0 Å². The summed E-state index contributed by atoms with van der Waals surface area (Å²) in [5.41, 5.74) is 2.54. The smallest absolute Gasteiger partial charge is 0.300 e. The molecule has 0 radical (unpaired) electrons. The second-order valence-corrected chi connectivity index (χ2v) is 4.03. The van der Waals surface area contributed by atoms with Crippen molar-refractivity contribution >= 4 is 5.91 Å². The standard InChI is InChI=1S/C13H14N2O/c1-14-9-13(16)15-12-8-4-6-10-5-2-3-7-11(10)12/h2-3,5,7,12H,4,6,8-9H2,(H,15,16). The van der Waals surface area contributed by atoms with Gasteiger partial charge in [-0.1, -0.05) is 24.3 Å². The van der Waals surface area contributed by atoms with Gasteiger partial charge in [-0.15, -0.1) is 0 Å². The summed E-state index contributed by atoms with van der Waals surface area (Å²) in [4.78, 5) is 14.5. The summed E-state index contributed by atoms with van der Waals surface area (Å²) < 4.78 is 0. The second-order valence-electron chi connectivity index (χ2n) is 4.03. The number of benzene rings is 1. The third-order valence-electron chi connectivity index (χ3n) is 2.93. The van der Waals surface area contributed by atoms with Gasteiger partial charge in [-0.25, -0.2) is 6.57 Å². The van der Waals surface area contributed by atoms with Gasteiger partial charge in [0.15, 0.2) is 0 Å². The molecule has 2 rings (SSSR count). The van der Waals surface area contributed by atoms with Gasteiger partial charge < -0.3 is 10.2 Å². The number of amides is 1. The van der Waals surface area contributed by atoms with Crippen LogP contribution in [0.5, 0.6) is 0 Å². The lowest BCUT2D eigenvalue weighted by atomic mass is 9.88. The van der Waals surface area contributed by atoms with Gasteiger partial charge >= 0.3 is 5.91 Å². The molecule has 1 aromatic rings. The molecule has 0 spiro atoms. The Morgan fingerprint density at radius 1 is 1.50 bits per heavy atom. The highest BCUT2D eigenvalue weighted by Crippen LogP contribution is 2.29. The molecule has 0 aromatic heterocycles. The summed E-state index contributed by atoms with van der Waals surface area (Å²) in [6.07, 6.45) is 3.16. The van der Waals surface area contributed by atoms with Crippen molar-refractivity contribution in [1.82, 2.24) is 5.32 Å². The van der Waals surface area contributed by atoms with Crippen molar-refractivity contribution in [3.8, 4) is 0 Å². The summed E-state index contributed by atoms with van der Waals surface area (Å²) in [6.45, 7) is 6.59. The molecule has 1 amide bonds. The van der Waals surface area contributed by atoms with E-state index in [1.165, 1.54) is 11.1 Å². The van der Waals surface area contributed by atoms with Crippen molar-refractivity contribution in [3.63, 3.8) is 0 Å². The van der Waals surface area contributed by atoms with Crippen LogP contribution in [0, 0.1) is 6.57 Å². The molecule has 1 N–H and O–H groups in total. The largest absolute Gasteiger partial charge is 0.343 e. The lowest BCUT2D eigenvalue weighted by molar-refractivity contribution is -0.120. The van der Waals surface area contributed by atoms with Gasteiger partial charge in [0.2, 0.25) is 0 Å². The Balaban J connectivity index is 2.13. The lowest BCUT2D eigenvalue weighted by Gasteiger charge is -2.25. The summed E-state index contributed by atoms with van der Waals surface area (Å²) in [7, 11) is 0. The fourth-order valence-corrected chi connectivity index (χ4v) is 2.22. The normalized spacial score (nSPS) is 18.3. The fraction of sp³-hybridized carbons (Fsp3) is 0.385. The zero-order valence-electron chi connectivity index (χ0n) is 9.07. The third kappa shape index (κ3) is 2.22. The second kappa shape index (κ2) is 4.80. The van der Waals surface area contributed by atoms with Crippen LogP contribution in [0.15, 0.2) is 24.3 Å². The molecule has 0 saturated carbocycles. The summed E-state index contributed by atoms with van der Waals surface area (Å²) in [5, 5.41) is 2.92. The van der Waals surface area contributed by atoms with Crippen molar-refractivity contribution in [2.24, 2.45) is 0 Å². The van der Waals surface area contributed by atoms with Gasteiger partial charge in [0.25, 0.3) is 6.54 Å². The average Bonchev–Trinajstić information content (AvgIpc) is 2.30. The maximum absolute atomic E-state index is 11.4. The van der Waals surface area contributed by atoms with E-state index in [4.69, 9.17) is 6.57 Å². The topological polar surface area (TPSA) is 33.5 Å². The highest BCUT2D eigenvalue weighted by Gasteiger charge is 2.21. The van der Waals surface area contributed by atoms with Gasteiger partial charge in [-0.2, -0.15) is 0 Å². The summed E-state index contributed by atoms with van der Waals surface area (Å²) in [6, 6.07) is 8.30. The van der Waals surface area contributed by atoms with Gasteiger partial charge in [0.1, 0.15) is 0 Å². The van der Waals surface area contributed by atoms with Crippen molar-refractivity contribution < 1.29 is 4.79 Å². The molecule has 0 heterocycles. The number of carbonyl (C=O) groups is 1. The van der Waals surface area contributed by atoms with E-state index in [0.717, 1.165) is 19.3 Å². The molecule has 1 unspecified atom stereocenters. The molecule has 0 aliphatic heterocycles. The first-order valence-corrected chi connectivity index (χ1v) is 5.51. The Morgan fingerprint density at radius 3 is 3.12 bits per heavy atom. The molecular formula is C13H14N2O. The first-order chi connectivity index (χ1) is 7.81. The number of nitrogens with one attached hydrogen (secondary N) is 1. The first-order valence-electron chi connectivity index (χ1n) is 5.51. The molecule has 0 bridgehead atoms. The molecule has 1 aliphatic rings. The minimum Gasteiger partial charge on any atom is -0.343 e. The highest BCUT2D eigenvalue weighted by molar-refractivity contribution is 5.80. The van der Waals surface area contributed by atoms with Crippen molar-refractivity contribution in [1.29, 1.82) is 0 Å². The van der Waals surface area contributed by atoms with Crippen LogP contribution in [0.1, 0.15) is 30.0 Å². The van der Waals surface area contributed by atoms with Crippen LogP contribution in [0.2, 0.25) is 0 Å². The number of rotatable bonds is 2. The molecule has 3 heteroatoms. The van der Waals surface area contributed by atoms with Crippen molar-refractivity contribution in [2.75, 3.05) is 6.54 Å². The van der Waals surface area contributed by atoms with E-state index >= 15 is 0 Å². The van der Waals surface area contributed by atoms with Crippen molar-refractivity contribution in [3.05, 3.63) is 46.8 Å². The van der Waals surface area contributed by atoms with Crippen LogP contribution < -0.4 is 5.32 Å². The van der Waals surface area contributed by atoms with Gasteiger partial charge in [-0.3, -0.25) is 4.79 Å². The third-order valence-corrected chi connectivity index (χ3v) is 2.93. The number of nitrogens with zero attached hydrogens (tertiary/aromatic N) is 1. The van der Waals surface area contributed by atoms with E-state index in [9.17, 15) is 4.79 Å². The van der Waals surface area contributed by atoms with Gasteiger partial charge in [-0.05, 0) is 30.4 Å². The maximum Gasteiger partial charge on any atom is 0.300 e. The van der Waals surface area contributed by atoms with E-state index in [1.54, 1.807) is 0 Å². The van der Waals surface area contributed by atoms with E-state index < -0.39 is 0 Å². The Kier molecular flexibility index (Phi) is 3.21. The van der Waals surface area contributed by atoms with E-state index in [1.807, 2.05) is 12.1 Å². The van der Waals surface area contributed by atoms with Crippen LogP contribution in [0.25, 0.3) is 4.85 Å². The Morgan fingerprint density at radius 2 is 2.31 bits per heavy atom. The summed E-state index contributed by atoms with van der Waals surface area (Å²) >= 11 is 0. The van der Waals surface area contributed by atoms with Crippen molar-refractivity contribution in [2.45, 2.75) is 25.3 Å². The van der Waals surface area contributed by atoms with Gasteiger partial charge in [0.05, 0.1) is 6.04 Å². The molecule has 82 valence electrons. The van der Waals surface area contributed by atoms with Gasteiger partial charge in [0, 0.05) is 0 Å². The van der Waals surface area contributed by atoms with Crippen LogP contribution in [-0.4, -0.2) is 12.5 Å². The predicted molar refractivity (Wildman–Crippen MR) is 61.7 cm³/mol. The summed E-state index contributed by atoms with van der Waals surface area (Å²) in [5.74, 6) is -0.170. The molecule has 1 aliphatic carbocycles. The molecule has 16 heavy (non-hydrogen) atoms. The monoisotopic (exact) mass is 214 g/mol. The SMILES string of the molecule is [C-]#[N+]CC(=O)NC1CCCc2ccccc21. The Bertz CT molecular complexity index is 434. The molecular weight excluding hydrogens is 200 g/mol. The Hall–Kier alpha value is -1.82. The number of carbonyl (C=O) groups excluding carboxylic acids is 1.